The molecule has 5 rings (SSSR count). The van der Waals surface area contributed by atoms with Gasteiger partial charge in [-0.3, -0.25) is 9.48 Å². The molecule has 2 fully saturated rings. The molecule has 2 aliphatic rings. The summed E-state index contributed by atoms with van der Waals surface area (Å²) >= 11 is 0. The van der Waals surface area contributed by atoms with Gasteiger partial charge in [0, 0.05) is 30.3 Å². The Kier molecular flexibility index (Phi) is 6.97. The molecular weight excluding hydrogens is 584 g/mol. The van der Waals surface area contributed by atoms with Crippen molar-refractivity contribution in [3.63, 3.8) is 0 Å². The lowest BCUT2D eigenvalue weighted by Gasteiger charge is -2.58. The first-order valence-electron chi connectivity index (χ1n) is 13.2. The van der Waals surface area contributed by atoms with Gasteiger partial charge in [-0.2, -0.15) is 36.5 Å². The largest absolute Gasteiger partial charge is 0.444 e. The van der Waals surface area contributed by atoms with Crippen LogP contribution in [0.25, 0.3) is 11.3 Å². The summed E-state index contributed by atoms with van der Waals surface area (Å²) in [5, 5.41) is 8.55. The minimum atomic E-state index is -4.99. The Bertz CT molecular complexity index is 1540. The molecule has 2 amide bonds. The number of alkyl halides is 6. The Morgan fingerprint density at radius 3 is 2.12 bits per heavy atom. The van der Waals surface area contributed by atoms with Gasteiger partial charge in [0.05, 0.1) is 29.9 Å². The molecule has 1 saturated carbocycles. The van der Waals surface area contributed by atoms with Crippen molar-refractivity contribution in [3.05, 3.63) is 52.8 Å². The molecule has 1 aliphatic carbocycles. The van der Waals surface area contributed by atoms with Gasteiger partial charge in [0.15, 0.2) is 0 Å². The number of hydrogen-bond acceptors (Lipinski definition) is 6. The lowest BCUT2D eigenvalue weighted by Crippen LogP contribution is -2.64. The molecule has 0 radical (unpaired) electrons. The Morgan fingerprint density at radius 1 is 1.02 bits per heavy atom. The van der Waals surface area contributed by atoms with Crippen LogP contribution in [0.15, 0.2) is 30.6 Å². The minimum absolute atomic E-state index is 0.0196. The van der Waals surface area contributed by atoms with Crippen LogP contribution >= 0.6 is 0 Å². The summed E-state index contributed by atoms with van der Waals surface area (Å²) < 4.78 is 87.6. The highest BCUT2D eigenvalue weighted by atomic mass is 19.4. The average molecular weight is 614 g/mol. The van der Waals surface area contributed by atoms with Crippen LogP contribution in [0.1, 0.15) is 66.7 Å². The molecule has 3 aromatic rings. The number of primary amides is 1. The van der Waals surface area contributed by atoms with E-state index in [0.717, 1.165) is 4.68 Å². The summed E-state index contributed by atoms with van der Waals surface area (Å²) in [6, 6.07) is 1.10. The third kappa shape index (κ3) is 5.99. The molecule has 2 aromatic heterocycles. The molecule has 10 nitrogen and oxygen atoms in total. The summed E-state index contributed by atoms with van der Waals surface area (Å²) in [7, 11) is 0. The summed E-state index contributed by atoms with van der Waals surface area (Å²) in [5.74, 6) is -0.848. The predicted molar refractivity (Wildman–Crippen MR) is 140 cm³/mol. The quantitative estimate of drug-likeness (QED) is 0.386. The van der Waals surface area contributed by atoms with Crippen LogP contribution in [0.3, 0.4) is 0 Å². The monoisotopic (exact) mass is 613 g/mol. The number of nitrogens with two attached hydrogens (primary N) is 2. The number of carbonyl (C=O) groups excluding carboxylic acids is 2. The molecular formula is C27H29F6N7O3. The van der Waals surface area contributed by atoms with Crippen molar-refractivity contribution in [2.75, 3.05) is 18.8 Å². The normalized spacial score (nSPS) is 17.1. The third-order valence-electron chi connectivity index (χ3n) is 7.48. The number of anilines is 1. The zero-order valence-corrected chi connectivity index (χ0v) is 23.4. The number of nitrogens with zero attached hydrogens (tertiary/aromatic N) is 5. The van der Waals surface area contributed by atoms with Crippen molar-refractivity contribution in [1.82, 2.24) is 24.5 Å². The van der Waals surface area contributed by atoms with E-state index in [1.165, 1.54) is 17.1 Å². The van der Waals surface area contributed by atoms with E-state index >= 15 is 0 Å². The van der Waals surface area contributed by atoms with Crippen LogP contribution in [-0.2, 0) is 23.6 Å². The zero-order valence-electron chi connectivity index (χ0n) is 23.4. The van der Waals surface area contributed by atoms with Crippen molar-refractivity contribution in [2.24, 2.45) is 11.1 Å². The Balaban J connectivity index is 1.34. The van der Waals surface area contributed by atoms with Gasteiger partial charge in [-0.05, 0) is 57.4 Å². The number of likely N-dealkylation sites (tertiary alicyclic amines) is 1. The van der Waals surface area contributed by atoms with E-state index in [1.54, 1.807) is 25.7 Å². The van der Waals surface area contributed by atoms with E-state index in [-0.39, 0.29) is 45.7 Å². The third-order valence-corrected chi connectivity index (χ3v) is 7.48. The van der Waals surface area contributed by atoms with Crippen LogP contribution in [0.5, 0.6) is 0 Å². The van der Waals surface area contributed by atoms with Gasteiger partial charge >= 0.3 is 18.4 Å². The van der Waals surface area contributed by atoms with E-state index in [0.29, 0.717) is 38.1 Å². The van der Waals surface area contributed by atoms with Gasteiger partial charge in [0.2, 0.25) is 0 Å². The summed E-state index contributed by atoms with van der Waals surface area (Å²) in [6.45, 7) is 5.95. The first-order chi connectivity index (χ1) is 19.7. The van der Waals surface area contributed by atoms with E-state index in [4.69, 9.17) is 16.2 Å². The number of carbonyl (C=O) groups is 2. The van der Waals surface area contributed by atoms with Crippen LogP contribution in [-0.4, -0.2) is 55.2 Å². The van der Waals surface area contributed by atoms with E-state index in [9.17, 15) is 35.9 Å². The Hall–Kier alpha value is -4.24. The maximum atomic E-state index is 13.3. The smallest absolute Gasteiger partial charge is 0.416 e. The average Bonchev–Trinajstić information content (AvgIpc) is 3.39. The lowest BCUT2D eigenvalue weighted by molar-refractivity contribution is -0.143. The fourth-order valence-corrected chi connectivity index (χ4v) is 5.63. The molecule has 232 valence electrons. The van der Waals surface area contributed by atoms with Gasteiger partial charge in [-0.1, -0.05) is 0 Å². The van der Waals surface area contributed by atoms with Gasteiger partial charge < -0.3 is 21.1 Å². The highest BCUT2D eigenvalue weighted by molar-refractivity contribution is 6.03. The second kappa shape index (κ2) is 9.91. The van der Waals surface area contributed by atoms with Crippen molar-refractivity contribution >= 4 is 17.8 Å². The van der Waals surface area contributed by atoms with Crippen LogP contribution in [0, 0.1) is 5.41 Å². The first-order valence-corrected chi connectivity index (χ1v) is 13.2. The number of nitrogen functional groups attached to an aromatic ring is 1. The Morgan fingerprint density at radius 2 is 1.60 bits per heavy atom. The number of amides is 2. The first kappa shape index (κ1) is 30.2. The van der Waals surface area contributed by atoms with Crippen LogP contribution < -0.4 is 11.5 Å². The molecule has 0 unspecified atom stereocenters. The number of benzene rings is 1. The van der Waals surface area contributed by atoms with E-state index < -0.39 is 47.6 Å². The number of hydrogen-bond donors (Lipinski definition) is 2. The fourth-order valence-electron chi connectivity index (χ4n) is 5.63. The molecule has 1 aromatic carbocycles. The topological polar surface area (TPSA) is 134 Å². The molecule has 4 N–H and O–H groups in total. The van der Waals surface area contributed by atoms with Gasteiger partial charge in [-0.15, -0.1) is 0 Å². The minimum Gasteiger partial charge on any atom is -0.444 e. The molecule has 3 heterocycles. The summed E-state index contributed by atoms with van der Waals surface area (Å²) in [6.07, 6.45) is -6.50. The second-order valence-electron chi connectivity index (χ2n) is 12.2. The van der Waals surface area contributed by atoms with Crippen molar-refractivity contribution < 1.29 is 40.7 Å². The fraction of sp³-hybridized carbons (Fsp3) is 0.481. The lowest BCUT2D eigenvalue weighted by atomic mass is 9.61. The maximum Gasteiger partial charge on any atom is 0.416 e. The van der Waals surface area contributed by atoms with E-state index in [2.05, 4.69) is 10.2 Å². The molecule has 43 heavy (non-hydrogen) atoms. The molecule has 1 aliphatic heterocycles. The van der Waals surface area contributed by atoms with Crippen molar-refractivity contribution in [2.45, 2.75) is 64.2 Å². The van der Waals surface area contributed by atoms with Gasteiger partial charge in [0.25, 0.3) is 5.91 Å². The maximum absolute atomic E-state index is 13.3. The molecule has 16 heteroatoms. The highest BCUT2D eigenvalue weighted by Crippen LogP contribution is 2.55. The van der Waals surface area contributed by atoms with Crippen LogP contribution in [0.2, 0.25) is 0 Å². The van der Waals surface area contributed by atoms with Gasteiger partial charge in [-0.25, -0.2) is 9.48 Å². The molecule has 1 spiro atoms. The highest BCUT2D eigenvalue weighted by Gasteiger charge is 2.55. The van der Waals surface area contributed by atoms with Gasteiger partial charge in [0.1, 0.15) is 22.7 Å². The SMILES string of the molecule is CC(C)(C)OC(=O)N1CC2(CC(n3nc(-c4cnn(Cc5cc(C(F)(F)F)cc(C(F)(F)F)c5)c4)c(C(N)=O)c3N)C2)C1. The zero-order chi connectivity index (χ0) is 31.7. The number of halogens is 6. The van der Waals surface area contributed by atoms with Crippen molar-refractivity contribution in [3.8, 4) is 11.3 Å². The van der Waals surface area contributed by atoms with E-state index in [1.807, 2.05) is 0 Å². The number of rotatable bonds is 5. The number of aromatic nitrogens is 4. The van der Waals surface area contributed by atoms with Crippen molar-refractivity contribution in [1.29, 1.82) is 0 Å². The predicted octanol–water partition coefficient (Wildman–Crippen LogP) is 5.09. The molecule has 0 bridgehead atoms. The standard InChI is InChI=1S/C27H29F6N7O3/c1-24(2,3)43-23(42)38-12-25(13-38)7-18(8-25)40-21(34)19(22(35)41)20(37-40)15-9-36-39(11-15)10-14-4-16(26(28,29)30)6-17(5-14)27(31,32)33/h4-6,9,11,18H,7-8,10,12-13,34H2,1-3H3,(H2,35,41). The number of ether oxygens (including phenoxy) is 1. The Labute approximate surface area is 241 Å². The van der Waals surface area contributed by atoms with Crippen LogP contribution in [0.4, 0.5) is 37.0 Å². The second-order valence-corrected chi connectivity index (χ2v) is 12.2. The molecule has 1 saturated heterocycles. The molecule has 0 atom stereocenters. The summed E-state index contributed by atoms with van der Waals surface area (Å²) in [5.41, 5.74) is 8.21. The summed E-state index contributed by atoms with van der Waals surface area (Å²) in [4.78, 5) is 26.3.